The Morgan fingerprint density at radius 1 is 1.10 bits per heavy atom. The Balaban J connectivity index is 1.65. The smallest absolute Gasteiger partial charge is 0.416 e. The van der Waals surface area contributed by atoms with E-state index in [1.807, 2.05) is 18.2 Å². The largest absolute Gasteiger partial charge is 0.493 e. The highest BCUT2D eigenvalue weighted by Crippen LogP contribution is 2.43. The maximum atomic E-state index is 13.3. The Bertz CT molecular complexity index is 1030. The fourth-order valence-corrected chi connectivity index (χ4v) is 5.79. The van der Waals surface area contributed by atoms with Crippen LogP contribution >= 0.6 is 0 Å². The van der Waals surface area contributed by atoms with Gasteiger partial charge in [-0.1, -0.05) is 12.1 Å². The van der Waals surface area contributed by atoms with E-state index in [-0.39, 0.29) is 24.3 Å². The van der Waals surface area contributed by atoms with Gasteiger partial charge in [-0.05, 0) is 61.2 Å². The van der Waals surface area contributed by atoms with Crippen molar-refractivity contribution < 1.29 is 31.1 Å². The van der Waals surface area contributed by atoms with E-state index in [1.54, 1.807) is 6.92 Å². The van der Waals surface area contributed by atoms with Crippen molar-refractivity contribution in [2.45, 2.75) is 48.1 Å². The van der Waals surface area contributed by atoms with Gasteiger partial charge in [0.1, 0.15) is 5.75 Å². The highest BCUT2D eigenvalue weighted by molar-refractivity contribution is 7.92. The molecule has 2 aliphatic heterocycles. The summed E-state index contributed by atoms with van der Waals surface area (Å²) in [6.07, 6.45) is -3.87. The Morgan fingerprint density at radius 2 is 1.90 bits per heavy atom. The molecule has 2 aliphatic rings. The minimum Gasteiger partial charge on any atom is -0.493 e. The van der Waals surface area contributed by atoms with Crippen LogP contribution in [-0.2, 0) is 27.2 Å². The summed E-state index contributed by atoms with van der Waals surface area (Å²) in [6.45, 7) is 2.42. The zero-order chi connectivity index (χ0) is 20.9. The summed E-state index contributed by atoms with van der Waals surface area (Å²) >= 11 is 0. The molecule has 2 atom stereocenters. The third-order valence-electron chi connectivity index (χ3n) is 5.77. The van der Waals surface area contributed by atoms with Gasteiger partial charge >= 0.3 is 6.18 Å². The summed E-state index contributed by atoms with van der Waals surface area (Å²) in [4.78, 5) is -0.308. The molecule has 0 amide bonds. The molecular formula is C21H21F3O4S. The Kier molecular flexibility index (Phi) is 4.90. The molecule has 4 rings (SSSR count). The molecule has 0 aliphatic carbocycles. The van der Waals surface area contributed by atoms with E-state index in [1.165, 1.54) is 6.07 Å². The number of ether oxygens (including phenoxy) is 2. The van der Waals surface area contributed by atoms with Gasteiger partial charge in [0.05, 0.1) is 27.9 Å². The van der Waals surface area contributed by atoms with Crippen LogP contribution in [0.25, 0.3) is 0 Å². The lowest BCUT2D eigenvalue weighted by molar-refractivity contribution is -0.137. The molecule has 156 valence electrons. The van der Waals surface area contributed by atoms with Gasteiger partial charge in [-0.15, -0.1) is 0 Å². The van der Waals surface area contributed by atoms with Crippen LogP contribution in [0.4, 0.5) is 13.2 Å². The summed E-state index contributed by atoms with van der Waals surface area (Å²) < 4.78 is 75.9. The van der Waals surface area contributed by atoms with Crippen molar-refractivity contribution in [1.82, 2.24) is 0 Å². The molecule has 0 radical (unpaired) electrons. The number of hydrogen-bond donors (Lipinski definition) is 0. The summed E-state index contributed by atoms with van der Waals surface area (Å²) in [7, 11) is -4.00. The van der Waals surface area contributed by atoms with Crippen molar-refractivity contribution in [3.05, 3.63) is 59.2 Å². The fourth-order valence-electron chi connectivity index (χ4n) is 3.96. The zero-order valence-corrected chi connectivity index (χ0v) is 16.6. The second-order valence-electron chi connectivity index (χ2n) is 7.76. The van der Waals surface area contributed by atoms with Crippen LogP contribution < -0.4 is 4.74 Å². The number of rotatable bonds is 3. The van der Waals surface area contributed by atoms with Gasteiger partial charge in [-0.25, -0.2) is 8.42 Å². The number of halogens is 3. The summed E-state index contributed by atoms with van der Waals surface area (Å²) in [5.41, 5.74) is 0.947. The highest BCUT2D eigenvalue weighted by Gasteiger charge is 2.45. The Hall–Kier alpha value is -2.06. The molecule has 2 aromatic carbocycles. The molecule has 0 saturated carbocycles. The number of alkyl halides is 3. The third-order valence-corrected chi connectivity index (χ3v) is 8.32. The van der Waals surface area contributed by atoms with E-state index in [4.69, 9.17) is 9.47 Å². The number of fused-ring (bicyclic) bond motifs is 1. The van der Waals surface area contributed by atoms with Gasteiger partial charge in [-0.2, -0.15) is 13.2 Å². The average molecular weight is 426 g/mol. The first kappa shape index (κ1) is 20.2. The van der Waals surface area contributed by atoms with Gasteiger partial charge in [0, 0.05) is 13.0 Å². The maximum Gasteiger partial charge on any atom is 0.416 e. The quantitative estimate of drug-likeness (QED) is 0.713. The molecule has 0 bridgehead atoms. The summed E-state index contributed by atoms with van der Waals surface area (Å²) in [5.74, 6) is 0.823. The lowest BCUT2D eigenvalue weighted by atomic mass is 9.91. The van der Waals surface area contributed by atoms with Crippen LogP contribution in [0.1, 0.15) is 42.6 Å². The van der Waals surface area contributed by atoms with E-state index < -0.39 is 32.4 Å². The number of benzene rings is 2. The van der Waals surface area contributed by atoms with Crippen LogP contribution in [-0.4, -0.2) is 26.4 Å². The number of hydrogen-bond acceptors (Lipinski definition) is 4. The molecule has 1 unspecified atom stereocenters. The Morgan fingerprint density at radius 3 is 2.66 bits per heavy atom. The molecule has 29 heavy (non-hydrogen) atoms. The van der Waals surface area contributed by atoms with Gasteiger partial charge in [-0.3, -0.25) is 0 Å². The molecule has 0 spiro atoms. The topological polar surface area (TPSA) is 52.6 Å². The van der Waals surface area contributed by atoms with E-state index in [0.717, 1.165) is 41.5 Å². The fraction of sp³-hybridized carbons (Fsp3) is 0.429. The van der Waals surface area contributed by atoms with Crippen molar-refractivity contribution >= 4 is 9.84 Å². The van der Waals surface area contributed by atoms with Crippen LogP contribution in [0.2, 0.25) is 0 Å². The molecule has 2 aromatic rings. The van der Waals surface area contributed by atoms with E-state index in [0.29, 0.717) is 6.61 Å². The lowest BCUT2D eigenvalue weighted by Gasteiger charge is -2.38. The highest BCUT2D eigenvalue weighted by atomic mass is 32.2. The first-order valence-electron chi connectivity index (χ1n) is 9.39. The summed E-state index contributed by atoms with van der Waals surface area (Å²) in [5, 5.41) is 0. The zero-order valence-electron chi connectivity index (χ0n) is 15.8. The van der Waals surface area contributed by atoms with Gasteiger partial charge in [0.2, 0.25) is 0 Å². The standard InChI is InChI=1S/C21H21F3O4S/c1-20(29(25,26)17-4-2-3-16(12-17)21(22,23)24)8-10-28-19(13-20)14-5-6-18-15(11-14)7-9-27-18/h2-6,11-12,19H,7-10,13H2,1H3/t19-,20?/m1/s1. The van der Waals surface area contributed by atoms with Crippen LogP contribution in [0.15, 0.2) is 47.4 Å². The first-order valence-corrected chi connectivity index (χ1v) is 10.9. The lowest BCUT2D eigenvalue weighted by Crippen LogP contribution is -2.42. The predicted molar refractivity (Wildman–Crippen MR) is 101 cm³/mol. The number of sulfone groups is 1. The first-order chi connectivity index (χ1) is 13.6. The normalized spacial score (nSPS) is 24.8. The maximum absolute atomic E-state index is 13.3. The minimum atomic E-state index is -4.60. The molecule has 4 nitrogen and oxygen atoms in total. The molecule has 1 fully saturated rings. The van der Waals surface area contributed by atoms with Gasteiger partial charge in [0.15, 0.2) is 9.84 Å². The average Bonchev–Trinajstić information content (AvgIpc) is 3.15. The SMILES string of the molecule is CC1(S(=O)(=O)c2cccc(C(F)(F)F)c2)CCO[C@@H](c2ccc3c(c2)CCO3)C1. The van der Waals surface area contributed by atoms with Crippen LogP contribution in [0.5, 0.6) is 5.75 Å². The van der Waals surface area contributed by atoms with Crippen molar-refractivity contribution in [1.29, 1.82) is 0 Å². The van der Waals surface area contributed by atoms with Gasteiger partial charge < -0.3 is 9.47 Å². The van der Waals surface area contributed by atoms with Crippen molar-refractivity contribution in [3.63, 3.8) is 0 Å². The van der Waals surface area contributed by atoms with Crippen molar-refractivity contribution in [2.24, 2.45) is 0 Å². The van der Waals surface area contributed by atoms with E-state index >= 15 is 0 Å². The molecule has 8 heteroatoms. The van der Waals surface area contributed by atoms with Crippen molar-refractivity contribution in [3.8, 4) is 5.75 Å². The molecule has 1 saturated heterocycles. The van der Waals surface area contributed by atoms with E-state index in [9.17, 15) is 21.6 Å². The van der Waals surface area contributed by atoms with Crippen LogP contribution in [0, 0.1) is 0 Å². The monoisotopic (exact) mass is 426 g/mol. The molecule has 0 aromatic heterocycles. The molecule has 0 N–H and O–H groups in total. The van der Waals surface area contributed by atoms with E-state index in [2.05, 4.69) is 0 Å². The van der Waals surface area contributed by atoms with Crippen molar-refractivity contribution in [2.75, 3.05) is 13.2 Å². The van der Waals surface area contributed by atoms with Crippen LogP contribution in [0.3, 0.4) is 0 Å². The minimum absolute atomic E-state index is 0.172. The third kappa shape index (κ3) is 3.64. The summed E-state index contributed by atoms with van der Waals surface area (Å²) in [6, 6.07) is 9.64. The molecular weight excluding hydrogens is 405 g/mol. The second kappa shape index (κ2) is 7.02. The predicted octanol–water partition coefficient (Wildman–Crippen LogP) is 4.72. The molecule has 2 heterocycles. The van der Waals surface area contributed by atoms with Gasteiger partial charge in [0.25, 0.3) is 0 Å². The Labute approximate surface area is 167 Å². The second-order valence-corrected chi connectivity index (χ2v) is 10.2.